The van der Waals surface area contributed by atoms with Gasteiger partial charge in [0.25, 0.3) is 0 Å². The minimum absolute atomic E-state index is 0.112. The van der Waals surface area contributed by atoms with Gasteiger partial charge < -0.3 is 15.8 Å². The van der Waals surface area contributed by atoms with Crippen LogP contribution < -0.4 is 15.8 Å². The molecule has 2 aromatic rings. The number of hydrogen-bond acceptors (Lipinski definition) is 3. The highest BCUT2D eigenvalue weighted by molar-refractivity contribution is 5.81. The summed E-state index contributed by atoms with van der Waals surface area (Å²) in [5.41, 5.74) is 9.13. The minimum atomic E-state index is -0.464. The van der Waals surface area contributed by atoms with E-state index in [1.807, 2.05) is 62.4 Å². The Morgan fingerprint density at radius 2 is 1.57 bits per heavy atom. The van der Waals surface area contributed by atoms with Crippen LogP contribution in [0, 0.1) is 5.92 Å². The van der Waals surface area contributed by atoms with E-state index in [4.69, 9.17) is 10.5 Å². The fourth-order valence-corrected chi connectivity index (χ4v) is 2.21. The highest BCUT2D eigenvalue weighted by Gasteiger charge is 2.16. The van der Waals surface area contributed by atoms with E-state index in [0.717, 1.165) is 22.4 Å². The lowest BCUT2D eigenvalue weighted by Crippen LogP contribution is -2.43. The average Bonchev–Trinajstić information content (AvgIpc) is 2.59. The van der Waals surface area contributed by atoms with E-state index in [9.17, 15) is 4.79 Å². The van der Waals surface area contributed by atoms with Crippen molar-refractivity contribution in [2.75, 3.05) is 7.11 Å². The molecular formula is C19H24N2O2. The Morgan fingerprint density at radius 3 is 2.04 bits per heavy atom. The zero-order valence-corrected chi connectivity index (χ0v) is 13.9. The Hall–Kier alpha value is -2.33. The molecule has 1 atom stereocenters. The molecule has 0 saturated carbocycles. The largest absolute Gasteiger partial charge is 0.497 e. The van der Waals surface area contributed by atoms with E-state index in [1.165, 1.54) is 0 Å². The van der Waals surface area contributed by atoms with Crippen LogP contribution in [0.4, 0.5) is 0 Å². The molecule has 0 fully saturated rings. The lowest BCUT2D eigenvalue weighted by atomic mass is 10.0. The Bertz CT molecular complexity index is 633. The van der Waals surface area contributed by atoms with Gasteiger partial charge in [0.15, 0.2) is 0 Å². The smallest absolute Gasteiger partial charge is 0.237 e. The van der Waals surface area contributed by atoms with E-state index in [0.29, 0.717) is 6.54 Å². The maximum absolute atomic E-state index is 11.9. The van der Waals surface area contributed by atoms with Gasteiger partial charge in [-0.05, 0) is 34.7 Å². The van der Waals surface area contributed by atoms with Gasteiger partial charge in [-0.15, -0.1) is 0 Å². The van der Waals surface area contributed by atoms with Crippen molar-refractivity contribution in [1.29, 1.82) is 0 Å². The molecule has 0 aliphatic heterocycles. The van der Waals surface area contributed by atoms with Gasteiger partial charge in [0.1, 0.15) is 5.75 Å². The summed E-state index contributed by atoms with van der Waals surface area (Å²) in [7, 11) is 1.66. The molecule has 4 nitrogen and oxygen atoms in total. The predicted octanol–water partition coefficient (Wildman–Crippen LogP) is 2.96. The van der Waals surface area contributed by atoms with Crippen molar-refractivity contribution in [1.82, 2.24) is 5.32 Å². The molecule has 122 valence electrons. The second kappa shape index (κ2) is 7.79. The number of carbonyl (C=O) groups is 1. The van der Waals surface area contributed by atoms with Crippen LogP contribution in [0.15, 0.2) is 48.5 Å². The zero-order chi connectivity index (χ0) is 16.8. The van der Waals surface area contributed by atoms with Crippen molar-refractivity contribution in [2.24, 2.45) is 11.7 Å². The summed E-state index contributed by atoms with van der Waals surface area (Å²) in [4.78, 5) is 11.9. The molecule has 0 heterocycles. The highest BCUT2D eigenvalue weighted by Crippen LogP contribution is 2.22. The number of carbonyl (C=O) groups excluding carboxylic acids is 1. The Balaban J connectivity index is 1.97. The third-order valence-electron chi connectivity index (χ3n) is 3.87. The molecular weight excluding hydrogens is 288 g/mol. The van der Waals surface area contributed by atoms with Crippen LogP contribution >= 0.6 is 0 Å². The molecule has 0 aliphatic rings. The van der Waals surface area contributed by atoms with E-state index in [1.54, 1.807) is 7.11 Å². The monoisotopic (exact) mass is 312 g/mol. The van der Waals surface area contributed by atoms with E-state index < -0.39 is 6.04 Å². The summed E-state index contributed by atoms with van der Waals surface area (Å²) in [5.74, 6) is 0.862. The zero-order valence-electron chi connectivity index (χ0n) is 13.9. The number of amides is 1. The maximum atomic E-state index is 11.9. The fraction of sp³-hybridized carbons (Fsp3) is 0.316. The van der Waals surface area contributed by atoms with Crippen molar-refractivity contribution in [2.45, 2.75) is 26.4 Å². The van der Waals surface area contributed by atoms with Crippen LogP contribution in [0.25, 0.3) is 11.1 Å². The van der Waals surface area contributed by atoms with Crippen molar-refractivity contribution in [3.05, 3.63) is 54.1 Å². The number of rotatable bonds is 6. The molecule has 0 aromatic heterocycles. The molecule has 0 bridgehead atoms. The quantitative estimate of drug-likeness (QED) is 0.862. The third kappa shape index (κ3) is 4.57. The van der Waals surface area contributed by atoms with Crippen LogP contribution in [0.3, 0.4) is 0 Å². The molecule has 3 N–H and O–H groups in total. The van der Waals surface area contributed by atoms with Gasteiger partial charge >= 0.3 is 0 Å². The van der Waals surface area contributed by atoms with Crippen molar-refractivity contribution >= 4 is 5.91 Å². The fourth-order valence-electron chi connectivity index (χ4n) is 2.21. The number of benzene rings is 2. The molecule has 0 radical (unpaired) electrons. The molecule has 0 aliphatic carbocycles. The molecule has 0 unspecified atom stereocenters. The molecule has 23 heavy (non-hydrogen) atoms. The molecule has 2 aromatic carbocycles. The number of nitrogens with two attached hydrogens (primary N) is 1. The van der Waals surface area contributed by atoms with Crippen molar-refractivity contribution in [3.63, 3.8) is 0 Å². The molecule has 0 saturated heterocycles. The van der Waals surface area contributed by atoms with Crippen molar-refractivity contribution < 1.29 is 9.53 Å². The minimum Gasteiger partial charge on any atom is -0.497 e. The van der Waals surface area contributed by atoms with Gasteiger partial charge in [0.2, 0.25) is 5.91 Å². The van der Waals surface area contributed by atoms with Gasteiger partial charge in [0, 0.05) is 6.54 Å². The predicted molar refractivity (Wildman–Crippen MR) is 93.1 cm³/mol. The van der Waals surface area contributed by atoms with Crippen LogP contribution in [-0.2, 0) is 11.3 Å². The lowest BCUT2D eigenvalue weighted by molar-refractivity contribution is -0.123. The highest BCUT2D eigenvalue weighted by atomic mass is 16.5. The van der Waals surface area contributed by atoms with E-state index in [2.05, 4.69) is 5.32 Å². The second-order valence-corrected chi connectivity index (χ2v) is 5.91. The summed E-state index contributed by atoms with van der Waals surface area (Å²) < 4.78 is 5.16. The maximum Gasteiger partial charge on any atom is 0.237 e. The first-order chi connectivity index (χ1) is 11.0. The van der Waals surface area contributed by atoms with Gasteiger partial charge in [-0.25, -0.2) is 0 Å². The molecule has 4 heteroatoms. The van der Waals surface area contributed by atoms with Crippen molar-refractivity contribution in [3.8, 4) is 16.9 Å². The van der Waals surface area contributed by atoms with Crippen LogP contribution in [0.5, 0.6) is 5.75 Å². The summed E-state index contributed by atoms with van der Waals surface area (Å²) in [5, 5.41) is 2.87. The number of methoxy groups -OCH3 is 1. The third-order valence-corrected chi connectivity index (χ3v) is 3.87. The van der Waals surface area contributed by atoms with E-state index in [-0.39, 0.29) is 11.8 Å². The summed E-state index contributed by atoms with van der Waals surface area (Å²) in [6.45, 7) is 4.37. The first-order valence-corrected chi connectivity index (χ1v) is 7.78. The van der Waals surface area contributed by atoms with Gasteiger partial charge in [-0.3, -0.25) is 4.79 Å². The first kappa shape index (κ1) is 17.0. The number of hydrogen-bond donors (Lipinski definition) is 2. The molecule has 1 amide bonds. The van der Waals surface area contributed by atoms with Crippen LogP contribution in [-0.4, -0.2) is 19.1 Å². The molecule has 2 rings (SSSR count). The summed E-state index contributed by atoms with van der Waals surface area (Å²) >= 11 is 0. The standard InChI is InChI=1S/C19H24N2O2/c1-13(2)18(20)19(22)21-12-14-4-6-15(7-5-14)16-8-10-17(23-3)11-9-16/h4-11,13,18H,12,20H2,1-3H3,(H,21,22)/t18-/m0/s1. The van der Waals surface area contributed by atoms with Crippen LogP contribution in [0.2, 0.25) is 0 Å². The van der Waals surface area contributed by atoms with E-state index >= 15 is 0 Å². The normalized spacial score (nSPS) is 12.0. The summed E-state index contributed by atoms with van der Waals surface area (Å²) in [6.07, 6.45) is 0. The Morgan fingerprint density at radius 1 is 1.04 bits per heavy atom. The number of nitrogens with one attached hydrogen (secondary N) is 1. The van der Waals surface area contributed by atoms with Gasteiger partial charge in [-0.2, -0.15) is 0 Å². The SMILES string of the molecule is COc1ccc(-c2ccc(CNC(=O)[C@@H](N)C(C)C)cc2)cc1. The summed E-state index contributed by atoms with van der Waals surface area (Å²) in [6, 6.07) is 15.6. The van der Waals surface area contributed by atoms with Gasteiger partial charge in [0.05, 0.1) is 13.2 Å². The van der Waals surface area contributed by atoms with Crippen LogP contribution in [0.1, 0.15) is 19.4 Å². The molecule has 0 spiro atoms. The number of ether oxygens (including phenoxy) is 1. The average molecular weight is 312 g/mol. The second-order valence-electron chi connectivity index (χ2n) is 5.91. The van der Waals surface area contributed by atoms with Gasteiger partial charge in [-0.1, -0.05) is 50.2 Å². The Labute approximate surface area is 137 Å². The lowest BCUT2D eigenvalue weighted by Gasteiger charge is -2.15. The topological polar surface area (TPSA) is 64.3 Å². The Kier molecular flexibility index (Phi) is 5.77. The first-order valence-electron chi connectivity index (χ1n) is 7.78.